The van der Waals surface area contributed by atoms with Crippen molar-refractivity contribution in [2.45, 2.75) is 50.7 Å². The molecule has 0 unspecified atom stereocenters. The number of hydrogen-bond acceptors (Lipinski definition) is 8. The number of anilines is 1. The van der Waals surface area contributed by atoms with E-state index < -0.39 is 23.3 Å². The first-order valence-electron chi connectivity index (χ1n) is 15.1. The van der Waals surface area contributed by atoms with E-state index in [1.807, 2.05) is 6.92 Å². The predicted octanol–water partition coefficient (Wildman–Crippen LogP) is 5.15. The van der Waals surface area contributed by atoms with Crippen LogP contribution in [0, 0.1) is 11.6 Å². The largest absolute Gasteiger partial charge is 0.508 e. The van der Waals surface area contributed by atoms with Gasteiger partial charge >= 0.3 is 6.01 Å². The minimum atomic E-state index is -0.900. The molecule has 3 aliphatic rings. The van der Waals surface area contributed by atoms with Gasteiger partial charge in [0.25, 0.3) is 0 Å². The maximum atomic E-state index is 16.7. The number of nitrogens with zero attached hydrogens (tertiary/aromatic N) is 5. The smallest absolute Gasteiger partial charge is 0.319 e. The topological polar surface area (TPSA) is 86.6 Å². The lowest BCUT2D eigenvalue weighted by molar-refractivity contribution is 0.107. The summed E-state index contributed by atoms with van der Waals surface area (Å²) in [5, 5.41) is 15.4. The number of hydrogen-bond donors (Lipinski definition) is 2. The number of benzene rings is 2. The van der Waals surface area contributed by atoms with Crippen LogP contribution in [0.2, 0.25) is 0 Å². The van der Waals surface area contributed by atoms with Crippen LogP contribution >= 0.6 is 0 Å². The Bertz CT molecular complexity index is 1700. The minimum Gasteiger partial charge on any atom is -0.508 e. The Kier molecular flexibility index (Phi) is 7.25. The van der Waals surface area contributed by atoms with Crippen molar-refractivity contribution in [3.05, 3.63) is 47.7 Å². The summed E-state index contributed by atoms with van der Waals surface area (Å²) >= 11 is 0. The highest BCUT2D eigenvalue weighted by Gasteiger charge is 2.49. The molecule has 226 valence electrons. The van der Waals surface area contributed by atoms with Crippen molar-refractivity contribution in [2.75, 3.05) is 50.8 Å². The number of aromatic nitrogens is 3. The molecule has 4 aromatic rings. The molecule has 0 radical (unpaired) electrons. The van der Waals surface area contributed by atoms with Crippen LogP contribution < -0.4 is 15.0 Å². The predicted molar refractivity (Wildman–Crippen MR) is 159 cm³/mol. The van der Waals surface area contributed by atoms with Gasteiger partial charge in [-0.15, -0.1) is 0 Å². The van der Waals surface area contributed by atoms with E-state index in [-0.39, 0.29) is 35.1 Å². The first kappa shape index (κ1) is 28.1. The van der Waals surface area contributed by atoms with E-state index in [0.717, 1.165) is 38.9 Å². The second-order valence-corrected chi connectivity index (χ2v) is 11.9. The van der Waals surface area contributed by atoms with Crippen molar-refractivity contribution >= 4 is 27.5 Å². The van der Waals surface area contributed by atoms with Crippen molar-refractivity contribution in [3.8, 4) is 23.0 Å². The molecule has 0 amide bonds. The van der Waals surface area contributed by atoms with E-state index in [0.29, 0.717) is 60.0 Å². The van der Waals surface area contributed by atoms with Crippen molar-refractivity contribution in [2.24, 2.45) is 0 Å². The molecule has 2 aromatic carbocycles. The number of phenols is 1. The average Bonchev–Trinajstić information content (AvgIpc) is 3.37. The standard InChI is InChI=1S/C32H35F3N6O2/c1-2-22-25(34)6-5-19-13-21(42)14-23(26(19)22)28-27(35)29-24(16-37-28)30(40-10-4-8-36-9-12-40)39-31(38-29)43-18-32-7-3-11-41(32)17-20(33)15-32/h5-6,13-14,16,20,36,42H,2-4,7-12,15,17-18H2,1H3/t20-,32+/m1/s1. The molecule has 0 saturated carbocycles. The summed E-state index contributed by atoms with van der Waals surface area (Å²) in [4.78, 5) is 18.1. The number of rotatable bonds is 6. The highest BCUT2D eigenvalue weighted by molar-refractivity contribution is 6.01. The van der Waals surface area contributed by atoms with Crippen LogP contribution in [0.4, 0.5) is 19.0 Å². The molecular weight excluding hydrogens is 557 g/mol. The van der Waals surface area contributed by atoms with Gasteiger partial charge in [-0.2, -0.15) is 9.97 Å². The quantitative estimate of drug-likeness (QED) is 0.318. The van der Waals surface area contributed by atoms with Crippen molar-refractivity contribution in [1.82, 2.24) is 25.2 Å². The highest BCUT2D eigenvalue weighted by Crippen LogP contribution is 2.41. The monoisotopic (exact) mass is 592 g/mol. The van der Waals surface area contributed by atoms with Gasteiger partial charge in [-0.25, -0.2) is 13.2 Å². The number of aryl methyl sites for hydroxylation is 1. The van der Waals surface area contributed by atoms with Crippen LogP contribution in [0.1, 0.15) is 38.2 Å². The number of ether oxygens (including phenoxy) is 1. The van der Waals surface area contributed by atoms with Gasteiger partial charge in [0.1, 0.15) is 41.4 Å². The van der Waals surface area contributed by atoms with E-state index in [4.69, 9.17) is 9.72 Å². The van der Waals surface area contributed by atoms with Gasteiger partial charge in [-0.05, 0) is 73.3 Å². The Labute approximate surface area is 247 Å². The Balaban J connectivity index is 1.37. The molecule has 7 rings (SSSR count). The van der Waals surface area contributed by atoms with Crippen molar-refractivity contribution in [1.29, 1.82) is 0 Å². The first-order chi connectivity index (χ1) is 20.9. The summed E-state index contributed by atoms with van der Waals surface area (Å²) in [5.74, 6) is -0.660. The van der Waals surface area contributed by atoms with Crippen LogP contribution in [0.25, 0.3) is 32.9 Å². The highest BCUT2D eigenvalue weighted by atomic mass is 19.1. The second-order valence-electron chi connectivity index (χ2n) is 11.9. The molecule has 0 aliphatic carbocycles. The lowest BCUT2D eigenvalue weighted by Gasteiger charge is -2.31. The number of phenolic OH excluding ortho intramolecular Hbond substituents is 1. The molecule has 2 N–H and O–H groups in total. The SMILES string of the molecule is CCc1c(F)ccc2cc(O)cc(-c3ncc4c(N5CCCNCC5)nc(OC[C@@]56CCCN5C[C@H](F)C6)nc4c3F)c12. The van der Waals surface area contributed by atoms with Gasteiger partial charge in [0.2, 0.25) is 0 Å². The molecule has 11 heteroatoms. The fourth-order valence-electron chi connectivity index (χ4n) is 7.25. The summed E-state index contributed by atoms with van der Waals surface area (Å²) in [6.07, 6.45) is 4.11. The molecule has 43 heavy (non-hydrogen) atoms. The van der Waals surface area contributed by atoms with E-state index in [1.165, 1.54) is 18.2 Å². The van der Waals surface area contributed by atoms with Crippen LogP contribution in [0.3, 0.4) is 0 Å². The van der Waals surface area contributed by atoms with Crippen molar-refractivity contribution in [3.63, 3.8) is 0 Å². The van der Waals surface area contributed by atoms with E-state index in [2.05, 4.69) is 25.1 Å². The van der Waals surface area contributed by atoms with Crippen LogP contribution in [0.5, 0.6) is 11.8 Å². The summed E-state index contributed by atoms with van der Waals surface area (Å²) < 4.78 is 52.2. The first-order valence-corrected chi connectivity index (χ1v) is 15.1. The van der Waals surface area contributed by atoms with Gasteiger partial charge in [0.15, 0.2) is 5.82 Å². The number of alkyl halides is 1. The molecule has 0 spiro atoms. The third kappa shape index (κ3) is 4.92. The molecule has 3 saturated heterocycles. The summed E-state index contributed by atoms with van der Waals surface area (Å²) in [7, 11) is 0. The van der Waals surface area contributed by atoms with Crippen LogP contribution in [-0.2, 0) is 6.42 Å². The van der Waals surface area contributed by atoms with Crippen LogP contribution in [0.15, 0.2) is 30.5 Å². The summed E-state index contributed by atoms with van der Waals surface area (Å²) in [6.45, 7) is 6.25. The molecule has 2 atom stereocenters. The molecule has 5 heterocycles. The van der Waals surface area contributed by atoms with E-state index >= 15 is 4.39 Å². The number of halogens is 3. The van der Waals surface area contributed by atoms with Gasteiger partial charge in [0, 0.05) is 44.4 Å². The lowest BCUT2D eigenvalue weighted by Crippen LogP contribution is -2.43. The third-order valence-electron chi connectivity index (χ3n) is 9.28. The van der Waals surface area contributed by atoms with Gasteiger partial charge in [0.05, 0.1) is 10.9 Å². The number of fused-ring (bicyclic) bond motifs is 3. The van der Waals surface area contributed by atoms with Crippen molar-refractivity contribution < 1.29 is 23.0 Å². The molecule has 3 fully saturated rings. The zero-order chi connectivity index (χ0) is 29.7. The Morgan fingerprint density at radius 2 is 2.00 bits per heavy atom. The third-order valence-corrected chi connectivity index (χ3v) is 9.28. The normalized spacial score (nSPS) is 22.8. The molecule has 8 nitrogen and oxygen atoms in total. The number of pyridine rings is 1. The van der Waals surface area contributed by atoms with E-state index in [1.54, 1.807) is 12.3 Å². The van der Waals surface area contributed by atoms with Gasteiger partial charge in [-0.1, -0.05) is 13.0 Å². The molecule has 0 bridgehead atoms. The zero-order valence-corrected chi connectivity index (χ0v) is 24.2. The van der Waals surface area contributed by atoms with E-state index in [9.17, 15) is 13.9 Å². The fourth-order valence-corrected chi connectivity index (χ4v) is 7.25. The average molecular weight is 593 g/mol. The maximum absolute atomic E-state index is 16.7. The minimum absolute atomic E-state index is 0.0281. The van der Waals surface area contributed by atoms with Crippen LogP contribution in [-0.4, -0.2) is 82.5 Å². The molecule has 3 aliphatic heterocycles. The molecule has 2 aromatic heterocycles. The molecular formula is C32H35F3N6O2. The van der Waals surface area contributed by atoms with Gasteiger partial charge in [-0.3, -0.25) is 9.88 Å². The summed E-state index contributed by atoms with van der Waals surface area (Å²) in [5.41, 5.74) is 0.282. The number of nitrogens with one attached hydrogen (secondary N) is 1. The lowest BCUT2D eigenvalue weighted by atomic mass is 9.94. The maximum Gasteiger partial charge on any atom is 0.319 e. The second kappa shape index (κ2) is 11.1. The summed E-state index contributed by atoms with van der Waals surface area (Å²) in [6, 6.07) is 5.91. The fraction of sp³-hybridized carbons (Fsp3) is 0.469. The Morgan fingerprint density at radius 1 is 1.12 bits per heavy atom. The zero-order valence-electron chi connectivity index (χ0n) is 24.2. The number of aromatic hydroxyl groups is 1. The Hall–Kier alpha value is -3.70. The van der Waals surface area contributed by atoms with Gasteiger partial charge < -0.3 is 20.1 Å². The Morgan fingerprint density at radius 3 is 2.86 bits per heavy atom.